The molecule has 0 aliphatic carbocycles. The van der Waals surface area contributed by atoms with Crippen LogP contribution < -0.4 is 19.5 Å². The highest BCUT2D eigenvalue weighted by atomic mass is 19.3. The Labute approximate surface area is 143 Å². The minimum absolute atomic E-state index is 0.0182. The van der Waals surface area contributed by atoms with Crippen LogP contribution in [0.4, 0.5) is 14.5 Å². The Kier molecular flexibility index (Phi) is 6.33. The smallest absolute Gasteiger partial charge is 0.387 e. The van der Waals surface area contributed by atoms with E-state index < -0.39 is 6.61 Å². The van der Waals surface area contributed by atoms with Gasteiger partial charge >= 0.3 is 6.61 Å². The number of ether oxygens (including phenoxy) is 3. The largest absolute Gasteiger partial charge is 0.497 e. The Morgan fingerprint density at radius 2 is 1.72 bits per heavy atom. The van der Waals surface area contributed by atoms with Crippen LogP contribution in [0.3, 0.4) is 0 Å². The number of carbonyl (C=O) groups excluding carboxylic acids is 1. The van der Waals surface area contributed by atoms with Crippen LogP contribution in [0, 0.1) is 0 Å². The van der Waals surface area contributed by atoms with E-state index in [-0.39, 0.29) is 11.7 Å². The second-order valence-electron chi connectivity index (χ2n) is 4.83. The van der Waals surface area contributed by atoms with E-state index in [1.165, 1.54) is 37.5 Å². The van der Waals surface area contributed by atoms with Crippen molar-refractivity contribution in [1.82, 2.24) is 0 Å². The molecule has 0 bridgehead atoms. The lowest BCUT2D eigenvalue weighted by molar-refractivity contribution is -0.111. The zero-order valence-corrected chi connectivity index (χ0v) is 13.7. The van der Waals surface area contributed by atoms with Crippen LogP contribution in [0.1, 0.15) is 5.56 Å². The maximum absolute atomic E-state index is 12.1. The van der Waals surface area contributed by atoms with E-state index in [9.17, 15) is 13.6 Å². The number of hydrogen-bond donors (Lipinski definition) is 1. The number of rotatable bonds is 7. The zero-order valence-electron chi connectivity index (χ0n) is 13.7. The third-order valence-electron chi connectivity index (χ3n) is 3.20. The van der Waals surface area contributed by atoms with Crippen molar-refractivity contribution < 1.29 is 27.8 Å². The average Bonchev–Trinajstić information content (AvgIpc) is 2.61. The normalized spacial score (nSPS) is 10.8. The van der Waals surface area contributed by atoms with Crippen LogP contribution >= 0.6 is 0 Å². The Balaban J connectivity index is 2.03. The van der Waals surface area contributed by atoms with E-state index in [4.69, 9.17) is 9.47 Å². The lowest BCUT2D eigenvalue weighted by atomic mass is 10.1. The summed E-state index contributed by atoms with van der Waals surface area (Å²) in [4.78, 5) is 12.0. The summed E-state index contributed by atoms with van der Waals surface area (Å²) in [6.07, 6.45) is 2.92. The van der Waals surface area contributed by atoms with Crippen molar-refractivity contribution >= 4 is 17.7 Å². The van der Waals surface area contributed by atoms with Gasteiger partial charge in [0.25, 0.3) is 0 Å². The van der Waals surface area contributed by atoms with Crippen LogP contribution in [0.5, 0.6) is 17.2 Å². The van der Waals surface area contributed by atoms with Gasteiger partial charge in [-0.15, -0.1) is 0 Å². The summed E-state index contributed by atoms with van der Waals surface area (Å²) >= 11 is 0. The second-order valence-corrected chi connectivity index (χ2v) is 4.83. The van der Waals surface area contributed by atoms with Gasteiger partial charge in [0.1, 0.15) is 17.2 Å². The quantitative estimate of drug-likeness (QED) is 0.769. The van der Waals surface area contributed by atoms with Gasteiger partial charge < -0.3 is 19.5 Å². The molecule has 0 aromatic heterocycles. The van der Waals surface area contributed by atoms with Gasteiger partial charge in [0.15, 0.2) is 0 Å². The van der Waals surface area contributed by atoms with Crippen molar-refractivity contribution in [2.24, 2.45) is 0 Å². The lowest BCUT2D eigenvalue weighted by Crippen LogP contribution is -2.08. The Hall–Kier alpha value is -3.09. The molecule has 0 fully saturated rings. The first kappa shape index (κ1) is 18.3. The van der Waals surface area contributed by atoms with Gasteiger partial charge in [-0.1, -0.05) is 0 Å². The van der Waals surface area contributed by atoms with Gasteiger partial charge in [-0.05, 0) is 48.5 Å². The minimum atomic E-state index is -2.89. The summed E-state index contributed by atoms with van der Waals surface area (Å²) in [5, 5.41) is 2.62. The number of halogens is 2. The van der Waals surface area contributed by atoms with Gasteiger partial charge in [0.05, 0.1) is 14.2 Å². The van der Waals surface area contributed by atoms with Crippen LogP contribution in [0.2, 0.25) is 0 Å². The number of methoxy groups -OCH3 is 2. The topological polar surface area (TPSA) is 56.8 Å². The first-order chi connectivity index (χ1) is 12.0. The molecule has 2 aromatic carbocycles. The third-order valence-corrected chi connectivity index (χ3v) is 3.20. The monoisotopic (exact) mass is 349 g/mol. The molecular formula is C18H17F2NO4. The van der Waals surface area contributed by atoms with E-state index in [0.29, 0.717) is 22.7 Å². The van der Waals surface area contributed by atoms with Crippen LogP contribution in [-0.2, 0) is 4.79 Å². The molecule has 7 heteroatoms. The molecule has 132 valence electrons. The fraction of sp³-hybridized carbons (Fsp3) is 0.167. The summed E-state index contributed by atoms with van der Waals surface area (Å²) in [6.45, 7) is -2.89. The van der Waals surface area contributed by atoms with E-state index in [1.807, 2.05) is 0 Å². The summed E-state index contributed by atoms with van der Waals surface area (Å²) < 4.78 is 38.8. The van der Waals surface area contributed by atoms with E-state index >= 15 is 0 Å². The SMILES string of the molecule is COc1ccc(OC)c(/C=C/C(=O)Nc2ccc(OC(F)F)cc2)c1. The van der Waals surface area contributed by atoms with Gasteiger partial charge in [0, 0.05) is 17.3 Å². The molecule has 0 atom stereocenters. The Morgan fingerprint density at radius 3 is 2.32 bits per heavy atom. The molecule has 5 nitrogen and oxygen atoms in total. The molecule has 2 aromatic rings. The van der Waals surface area contributed by atoms with Crippen molar-refractivity contribution in [3.63, 3.8) is 0 Å². The summed E-state index contributed by atoms with van der Waals surface area (Å²) in [6, 6.07) is 10.8. The molecular weight excluding hydrogens is 332 g/mol. The number of anilines is 1. The van der Waals surface area contributed by atoms with E-state index in [0.717, 1.165) is 0 Å². The molecule has 0 spiro atoms. The molecule has 0 aliphatic rings. The number of amides is 1. The summed E-state index contributed by atoms with van der Waals surface area (Å²) in [5.41, 5.74) is 1.13. The molecule has 1 N–H and O–H groups in total. The second kappa shape index (κ2) is 8.68. The van der Waals surface area contributed by atoms with Gasteiger partial charge in [-0.25, -0.2) is 0 Å². The first-order valence-corrected chi connectivity index (χ1v) is 7.28. The number of carbonyl (C=O) groups is 1. The Bertz CT molecular complexity index is 745. The minimum Gasteiger partial charge on any atom is -0.497 e. The molecule has 2 rings (SSSR count). The highest BCUT2D eigenvalue weighted by Crippen LogP contribution is 2.25. The van der Waals surface area contributed by atoms with Gasteiger partial charge in [-0.3, -0.25) is 4.79 Å². The van der Waals surface area contributed by atoms with Crippen LogP contribution in [0.15, 0.2) is 48.5 Å². The molecule has 0 unspecified atom stereocenters. The number of nitrogens with one attached hydrogen (secondary N) is 1. The molecule has 0 saturated carbocycles. The van der Waals surface area contributed by atoms with E-state index in [1.54, 1.807) is 31.4 Å². The zero-order chi connectivity index (χ0) is 18.2. The highest BCUT2D eigenvalue weighted by molar-refractivity contribution is 6.02. The summed E-state index contributed by atoms with van der Waals surface area (Å²) in [7, 11) is 3.08. The predicted molar refractivity (Wildman–Crippen MR) is 90.3 cm³/mol. The van der Waals surface area contributed by atoms with E-state index in [2.05, 4.69) is 10.1 Å². The third kappa shape index (κ3) is 5.49. The van der Waals surface area contributed by atoms with Crippen molar-refractivity contribution in [3.05, 3.63) is 54.1 Å². The van der Waals surface area contributed by atoms with Gasteiger partial charge in [0.2, 0.25) is 5.91 Å². The number of hydrogen-bond acceptors (Lipinski definition) is 4. The molecule has 0 radical (unpaired) electrons. The molecule has 25 heavy (non-hydrogen) atoms. The molecule has 1 amide bonds. The number of alkyl halides is 2. The first-order valence-electron chi connectivity index (χ1n) is 7.28. The van der Waals surface area contributed by atoms with Crippen LogP contribution in [-0.4, -0.2) is 26.7 Å². The van der Waals surface area contributed by atoms with Crippen molar-refractivity contribution in [1.29, 1.82) is 0 Å². The standard InChI is InChI=1S/C18H17F2NO4/c1-23-15-8-9-16(24-2)12(11-15)3-10-17(22)21-13-4-6-14(7-5-13)25-18(19)20/h3-11,18H,1-2H3,(H,21,22)/b10-3+. The van der Waals surface area contributed by atoms with Crippen LogP contribution in [0.25, 0.3) is 6.08 Å². The fourth-order valence-electron chi connectivity index (χ4n) is 2.04. The number of benzene rings is 2. The summed E-state index contributed by atoms with van der Waals surface area (Å²) in [5.74, 6) is 0.867. The predicted octanol–water partition coefficient (Wildman–Crippen LogP) is 3.96. The Morgan fingerprint density at radius 1 is 1.04 bits per heavy atom. The maximum atomic E-state index is 12.1. The lowest BCUT2D eigenvalue weighted by Gasteiger charge is -2.07. The average molecular weight is 349 g/mol. The molecule has 0 aliphatic heterocycles. The fourth-order valence-corrected chi connectivity index (χ4v) is 2.04. The van der Waals surface area contributed by atoms with Crippen molar-refractivity contribution in [2.45, 2.75) is 6.61 Å². The molecule has 0 heterocycles. The molecule has 0 saturated heterocycles. The van der Waals surface area contributed by atoms with Crippen molar-refractivity contribution in [3.8, 4) is 17.2 Å². The van der Waals surface area contributed by atoms with Gasteiger partial charge in [-0.2, -0.15) is 8.78 Å². The van der Waals surface area contributed by atoms with Crippen molar-refractivity contribution in [2.75, 3.05) is 19.5 Å². The maximum Gasteiger partial charge on any atom is 0.387 e. The highest BCUT2D eigenvalue weighted by Gasteiger charge is 2.05.